The molecule has 6 nitrogen and oxygen atoms in total. The Hall–Kier alpha value is -2.02. The van der Waals surface area contributed by atoms with E-state index < -0.39 is 11.9 Å². The number of esters is 1. The normalized spacial score (nSPS) is 9.90. The fourth-order valence-electron chi connectivity index (χ4n) is 1.47. The molecular weight excluding hydrogens is 282 g/mol. The number of rotatable bonds is 6. The minimum atomic E-state index is -0.957. The topological polar surface area (TPSA) is 92.7 Å². The number of aryl methyl sites for hydroxylation is 1. The Balaban J connectivity index is 2.62. The summed E-state index contributed by atoms with van der Waals surface area (Å²) < 4.78 is 4.60. The molecule has 0 unspecified atom stereocenters. The number of ether oxygens (including phenoxy) is 1. The average molecular weight is 297 g/mol. The summed E-state index contributed by atoms with van der Waals surface area (Å²) in [7, 11) is 1.30. The van der Waals surface area contributed by atoms with Crippen LogP contribution in [-0.4, -0.2) is 41.6 Å². The smallest absolute Gasteiger partial charge is 0.337 e. The summed E-state index contributed by atoms with van der Waals surface area (Å²) in [5, 5.41) is 11.1. The number of carboxylic acid groups (broad SMARTS) is 1. The monoisotopic (exact) mass is 297 g/mol. The van der Waals surface area contributed by atoms with Crippen molar-refractivity contribution in [3.8, 4) is 0 Å². The van der Waals surface area contributed by atoms with E-state index in [2.05, 4.69) is 10.1 Å². The third kappa shape index (κ3) is 4.93. The van der Waals surface area contributed by atoms with E-state index in [0.717, 1.165) is 17.3 Å². The molecule has 0 radical (unpaired) electrons. The molecule has 0 bridgehead atoms. The van der Waals surface area contributed by atoms with Gasteiger partial charge in [0.2, 0.25) is 5.91 Å². The number of carboxylic acids is 1. The Kier molecular flexibility index (Phi) is 6.05. The van der Waals surface area contributed by atoms with E-state index in [9.17, 15) is 14.4 Å². The van der Waals surface area contributed by atoms with Crippen molar-refractivity contribution in [1.29, 1.82) is 0 Å². The Morgan fingerprint density at radius 2 is 2.00 bits per heavy atom. The molecule has 2 N–H and O–H groups in total. The lowest BCUT2D eigenvalue weighted by Crippen LogP contribution is -2.16. The molecule has 1 rings (SSSR count). The lowest BCUT2D eigenvalue weighted by molar-refractivity contribution is -0.133. The number of hydrogen-bond donors (Lipinski definition) is 2. The summed E-state index contributed by atoms with van der Waals surface area (Å²) in [6.45, 7) is 1.76. The first kappa shape index (κ1) is 16.0. The van der Waals surface area contributed by atoms with Crippen molar-refractivity contribution < 1.29 is 24.2 Å². The molecule has 0 saturated carbocycles. The second kappa shape index (κ2) is 7.54. The molecule has 1 aromatic rings. The molecule has 0 atom stereocenters. The van der Waals surface area contributed by atoms with Gasteiger partial charge in [0.25, 0.3) is 0 Å². The number of benzene rings is 1. The lowest BCUT2D eigenvalue weighted by Gasteiger charge is -2.09. The Morgan fingerprint density at radius 1 is 1.30 bits per heavy atom. The predicted octanol–water partition coefficient (Wildman–Crippen LogP) is 1.54. The second-order valence-electron chi connectivity index (χ2n) is 3.96. The van der Waals surface area contributed by atoms with Gasteiger partial charge in [0.1, 0.15) is 0 Å². The fraction of sp³-hybridized carbons (Fsp3) is 0.308. The number of carbonyl (C=O) groups is 3. The van der Waals surface area contributed by atoms with E-state index in [1.807, 2.05) is 0 Å². The van der Waals surface area contributed by atoms with Crippen molar-refractivity contribution in [2.45, 2.75) is 6.92 Å². The minimum Gasteiger partial charge on any atom is -0.481 e. The molecule has 108 valence electrons. The zero-order chi connectivity index (χ0) is 15.1. The van der Waals surface area contributed by atoms with Crippen LogP contribution in [0.5, 0.6) is 0 Å². The summed E-state index contributed by atoms with van der Waals surface area (Å²) >= 11 is 1.02. The van der Waals surface area contributed by atoms with Crippen LogP contribution >= 0.6 is 11.8 Å². The number of nitrogens with one attached hydrogen (secondary N) is 1. The van der Waals surface area contributed by atoms with Crippen molar-refractivity contribution in [3.63, 3.8) is 0 Å². The summed E-state index contributed by atoms with van der Waals surface area (Å²) in [5.41, 5.74) is 1.71. The summed E-state index contributed by atoms with van der Waals surface area (Å²) in [4.78, 5) is 33.3. The van der Waals surface area contributed by atoms with E-state index in [1.165, 1.54) is 7.11 Å². The predicted molar refractivity (Wildman–Crippen MR) is 76.1 cm³/mol. The maximum absolute atomic E-state index is 11.6. The van der Waals surface area contributed by atoms with Crippen molar-refractivity contribution in [3.05, 3.63) is 29.3 Å². The molecule has 0 aliphatic heterocycles. The van der Waals surface area contributed by atoms with Crippen molar-refractivity contribution in [1.82, 2.24) is 0 Å². The third-order valence-electron chi connectivity index (χ3n) is 2.38. The van der Waals surface area contributed by atoms with Gasteiger partial charge in [-0.25, -0.2) is 4.79 Å². The third-order valence-corrected chi connectivity index (χ3v) is 3.30. The van der Waals surface area contributed by atoms with Gasteiger partial charge >= 0.3 is 11.9 Å². The number of anilines is 1. The fourth-order valence-corrected chi connectivity index (χ4v) is 2.00. The van der Waals surface area contributed by atoms with Gasteiger partial charge in [-0.1, -0.05) is 0 Å². The first-order valence-electron chi connectivity index (χ1n) is 5.72. The number of amides is 1. The van der Waals surface area contributed by atoms with E-state index in [0.29, 0.717) is 11.3 Å². The van der Waals surface area contributed by atoms with Gasteiger partial charge in [-0.05, 0) is 30.7 Å². The van der Waals surface area contributed by atoms with Gasteiger partial charge in [-0.3, -0.25) is 9.59 Å². The number of aliphatic carboxylic acids is 1. The Bertz CT molecular complexity index is 529. The maximum Gasteiger partial charge on any atom is 0.337 e. The molecule has 0 heterocycles. The molecule has 0 spiro atoms. The first-order valence-corrected chi connectivity index (χ1v) is 6.88. The van der Waals surface area contributed by atoms with Crippen molar-refractivity contribution >= 4 is 35.3 Å². The highest BCUT2D eigenvalue weighted by Crippen LogP contribution is 2.17. The van der Waals surface area contributed by atoms with Crippen LogP contribution in [0.2, 0.25) is 0 Å². The summed E-state index contributed by atoms with van der Waals surface area (Å²) in [6, 6.07) is 4.78. The minimum absolute atomic E-state index is 0.0600. The van der Waals surface area contributed by atoms with Crippen molar-refractivity contribution in [2.75, 3.05) is 23.9 Å². The molecule has 20 heavy (non-hydrogen) atoms. The molecule has 0 fully saturated rings. The molecule has 7 heteroatoms. The lowest BCUT2D eigenvalue weighted by atomic mass is 10.1. The molecule has 1 aromatic carbocycles. The largest absolute Gasteiger partial charge is 0.481 e. The van der Waals surface area contributed by atoms with E-state index >= 15 is 0 Å². The van der Waals surface area contributed by atoms with Crippen LogP contribution in [0.25, 0.3) is 0 Å². The van der Waals surface area contributed by atoms with Crippen LogP contribution in [0.15, 0.2) is 18.2 Å². The number of hydrogen-bond acceptors (Lipinski definition) is 5. The maximum atomic E-state index is 11.6. The van der Waals surface area contributed by atoms with Gasteiger partial charge < -0.3 is 15.2 Å². The highest BCUT2D eigenvalue weighted by atomic mass is 32.2. The SMILES string of the molecule is COC(=O)c1ccc(NC(=O)CSCC(=O)O)c(C)c1. The molecular formula is C13H15NO5S. The number of methoxy groups -OCH3 is 1. The van der Waals surface area contributed by atoms with Gasteiger partial charge in [-0.15, -0.1) is 11.8 Å². The zero-order valence-electron chi connectivity index (χ0n) is 11.1. The zero-order valence-corrected chi connectivity index (χ0v) is 12.0. The van der Waals surface area contributed by atoms with E-state index in [1.54, 1.807) is 25.1 Å². The van der Waals surface area contributed by atoms with Crippen molar-refractivity contribution in [2.24, 2.45) is 0 Å². The van der Waals surface area contributed by atoms with Gasteiger partial charge in [0.15, 0.2) is 0 Å². The molecule has 0 aromatic heterocycles. The highest BCUT2D eigenvalue weighted by molar-refractivity contribution is 8.00. The van der Waals surface area contributed by atoms with E-state index in [-0.39, 0.29) is 17.4 Å². The molecule has 0 aliphatic carbocycles. The average Bonchev–Trinajstić information content (AvgIpc) is 2.39. The number of thioether (sulfide) groups is 1. The summed E-state index contributed by atoms with van der Waals surface area (Å²) in [6.07, 6.45) is 0. The van der Waals surface area contributed by atoms with Gasteiger partial charge in [-0.2, -0.15) is 0 Å². The standard InChI is InChI=1S/C13H15NO5S/c1-8-5-9(13(18)19-2)3-4-10(8)14-11(15)6-20-7-12(16)17/h3-5H,6-7H2,1-2H3,(H,14,15)(H,16,17). The molecule has 1 amide bonds. The molecule has 0 aliphatic rings. The first-order chi connectivity index (χ1) is 9.43. The van der Waals surface area contributed by atoms with Gasteiger partial charge in [0.05, 0.1) is 24.2 Å². The van der Waals surface area contributed by atoms with Crippen LogP contribution in [-0.2, 0) is 14.3 Å². The van der Waals surface area contributed by atoms with Gasteiger partial charge in [0, 0.05) is 5.69 Å². The summed E-state index contributed by atoms with van der Waals surface area (Å²) in [5.74, 6) is -1.74. The quantitative estimate of drug-likeness (QED) is 0.774. The number of carbonyl (C=O) groups excluding carboxylic acids is 2. The second-order valence-corrected chi connectivity index (χ2v) is 4.94. The van der Waals surface area contributed by atoms with E-state index in [4.69, 9.17) is 5.11 Å². The Labute approximate surface area is 120 Å². The highest BCUT2D eigenvalue weighted by Gasteiger charge is 2.10. The Morgan fingerprint density at radius 3 is 2.55 bits per heavy atom. The van der Waals surface area contributed by atoms with Crippen LogP contribution in [0.1, 0.15) is 15.9 Å². The molecule has 0 saturated heterocycles. The van der Waals surface area contributed by atoms with Crippen LogP contribution in [0, 0.1) is 6.92 Å². The van der Waals surface area contributed by atoms with Crippen LogP contribution in [0.4, 0.5) is 5.69 Å². The van der Waals surface area contributed by atoms with Crippen LogP contribution in [0.3, 0.4) is 0 Å². The van der Waals surface area contributed by atoms with Crippen LogP contribution < -0.4 is 5.32 Å².